The molecule has 0 saturated carbocycles. The van der Waals surface area contributed by atoms with Gasteiger partial charge in [-0.25, -0.2) is 0 Å². The number of carbonyl (C=O) groups excluding carboxylic acids is 1. The first-order valence-corrected chi connectivity index (χ1v) is 5.88. The number of likely N-dealkylation sites (N-methyl/N-ethyl adjacent to an activating group) is 1. The van der Waals surface area contributed by atoms with Crippen LogP contribution in [0.15, 0.2) is 30.3 Å². The van der Waals surface area contributed by atoms with Gasteiger partial charge in [0.05, 0.1) is 0 Å². The Morgan fingerprint density at radius 2 is 1.94 bits per heavy atom. The summed E-state index contributed by atoms with van der Waals surface area (Å²) in [4.78, 5) is 13.7. The summed E-state index contributed by atoms with van der Waals surface area (Å²) in [6, 6.07) is 7.66. The van der Waals surface area contributed by atoms with E-state index < -0.39 is 0 Å². The van der Waals surface area contributed by atoms with Crippen LogP contribution in [-0.4, -0.2) is 23.4 Å². The highest BCUT2D eigenvalue weighted by Gasteiger charge is 2.11. The minimum absolute atomic E-state index is 0.0410. The van der Waals surface area contributed by atoms with E-state index >= 15 is 0 Å². The molecule has 0 heterocycles. The summed E-state index contributed by atoms with van der Waals surface area (Å²) in [6.07, 6.45) is 3.42. The quantitative estimate of drug-likeness (QED) is 0.640. The predicted octanol–water partition coefficient (Wildman–Crippen LogP) is 2.54. The fourth-order valence-corrected chi connectivity index (χ4v) is 1.65. The van der Waals surface area contributed by atoms with Crippen molar-refractivity contribution in [3.8, 4) is 0 Å². The molecule has 0 aliphatic carbocycles. The van der Waals surface area contributed by atoms with Crippen molar-refractivity contribution in [2.45, 2.75) is 26.8 Å². The molecule has 1 rings (SSSR count). The zero-order valence-electron chi connectivity index (χ0n) is 10.7. The first kappa shape index (κ1) is 13.3. The van der Waals surface area contributed by atoms with Crippen LogP contribution in [0.1, 0.15) is 26.3 Å². The third-order valence-electron chi connectivity index (χ3n) is 2.60. The lowest BCUT2D eigenvalue weighted by Crippen LogP contribution is -2.35. The van der Waals surface area contributed by atoms with Gasteiger partial charge in [-0.15, -0.1) is 0 Å². The van der Waals surface area contributed by atoms with E-state index in [1.54, 1.807) is 6.08 Å². The van der Waals surface area contributed by atoms with E-state index in [0.717, 1.165) is 17.8 Å². The van der Waals surface area contributed by atoms with E-state index in [4.69, 9.17) is 5.73 Å². The van der Waals surface area contributed by atoms with Gasteiger partial charge in [0.2, 0.25) is 5.91 Å². The molecule has 0 aromatic heterocycles. The summed E-state index contributed by atoms with van der Waals surface area (Å²) in [5, 5.41) is 0. The fourth-order valence-electron chi connectivity index (χ4n) is 1.65. The molecule has 17 heavy (non-hydrogen) atoms. The highest BCUT2D eigenvalue weighted by atomic mass is 16.2. The van der Waals surface area contributed by atoms with Gasteiger partial charge in [-0.1, -0.05) is 12.1 Å². The summed E-state index contributed by atoms with van der Waals surface area (Å²) < 4.78 is 0. The number of carbonyl (C=O) groups is 1. The summed E-state index contributed by atoms with van der Waals surface area (Å²) >= 11 is 0. The third-order valence-corrected chi connectivity index (χ3v) is 2.60. The Morgan fingerprint density at radius 3 is 2.41 bits per heavy atom. The van der Waals surface area contributed by atoms with Crippen molar-refractivity contribution in [1.29, 1.82) is 0 Å². The Kier molecular flexibility index (Phi) is 4.76. The fraction of sp³-hybridized carbons (Fsp3) is 0.357. The molecule has 1 aromatic carbocycles. The van der Waals surface area contributed by atoms with Gasteiger partial charge in [0.1, 0.15) is 0 Å². The Labute approximate surface area is 103 Å². The van der Waals surface area contributed by atoms with Gasteiger partial charge >= 0.3 is 0 Å². The Bertz CT molecular complexity index is 393. The van der Waals surface area contributed by atoms with Crippen LogP contribution in [-0.2, 0) is 4.79 Å². The smallest absolute Gasteiger partial charge is 0.246 e. The average Bonchev–Trinajstić information content (AvgIpc) is 2.28. The van der Waals surface area contributed by atoms with Crippen LogP contribution in [0.2, 0.25) is 0 Å². The first-order valence-electron chi connectivity index (χ1n) is 5.88. The number of nitrogen functional groups attached to an aromatic ring is 1. The average molecular weight is 232 g/mol. The molecule has 3 heteroatoms. The molecule has 0 aliphatic rings. The van der Waals surface area contributed by atoms with Crippen molar-refractivity contribution in [2.24, 2.45) is 0 Å². The van der Waals surface area contributed by atoms with E-state index in [1.165, 1.54) is 0 Å². The number of hydrogen-bond donors (Lipinski definition) is 1. The summed E-state index contributed by atoms with van der Waals surface area (Å²) in [7, 11) is 0. The molecule has 0 unspecified atom stereocenters. The Balaban J connectivity index is 2.70. The van der Waals surface area contributed by atoms with Crippen LogP contribution in [0.25, 0.3) is 6.08 Å². The number of rotatable bonds is 4. The number of anilines is 1. The number of nitrogens with two attached hydrogens (primary N) is 1. The van der Waals surface area contributed by atoms with Crippen LogP contribution < -0.4 is 5.73 Å². The van der Waals surface area contributed by atoms with Gasteiger partial charge in [0.15, 0.2) is 0 Å². The molecule has 0 atom stereocenters. The topological polar surface area (TPSA) is 46.3 Å². The SMILES string of the molecule is CCN(C(=O)/C=C/c1ccc(N)cc1)C(C)C. The monoisotopic (exact) mass is 232 g/mol. The van der Waals surface area contributed by atoms with Gasteiger partial charge < -0.3 is 10.6 Å². The molecule has 92 valence electrons. The van der Waals surface area contributed by atoms with Crippen LogP contribution in [0.5, 0.6) is 0 Å². The van der Waals surface area contributed by atoms with Crippen molar-refractivity contribution in [3.05, 3.63) is 35.9 Å². The highest BCUT2D eigenvalue weighted by Crippen LogP contribution is 2.08. The molecule has 0 fully saturated rings. The van der Waals surface area contributed by atoms with Crippen molar-refractivity contribution < 1.29 is 4.79 Å². The summed E-state index contributed by atoms with van der Waals surface area (Å²) in [6.45, 7) is 6.73. The standard InChI is InChI=1S/C14H20N2O/c1-4-16(11(2)3)14(17)10-7-12-5-8-13(15)9-6-12/h5-11H,4,15H2,1-3H3/b10-7+. The number of nitrogens with zero attached hydrogens (tertiary/aromatic N) is 1. The van der Waals surface area contributed by atoms with Crippen LogP contribution in [0.4, 0.5) is 5.69 Å². The van der Waals surface area contributed by atoms with E-state index in [9.17, 15) is 4.79 Å². The molecular formula is C14H20N2O. The number of hydrogen-bond acceptors (Lipinski definition) is 2. The second kappa shape index (κ2) is 6.09. The maximum absolute atomic E-state index is 11.9. The minimum Gasteiger partial charge on any atom is -0.399 e. The van der Waals surface area contributed by atoms with E-state index in [1.807, 2.05) is 56.0 Å². The Morgan fingerprint density at radius 1 is 1.35 bits per heavy atom. The van der Waals surface area contributed by atoms with E-state index in [2.05, 4.69) is 0 Å². The summed E-state index contributed by atoms with van der Waals surface area (Å²) in [5.41, 5.74) is 7.30. The lowest BCUT2D eigenvalue weighted by atomic mass is 10.2. The van der Waals surface area contributed by atoms with Crippen molar-refractivity contribution in [2.75, 3.05) is 12.3 Å². The maximum atomic E-state index is 11.9. The van der Waals surface area contributed by atoms with Gasteiger partial charge in [0, 0.05) is 24.4 Å². The molecule has 0 spiro atoms. The molecule has 1 aromatic rings. The molecule has 0 aliphatic heterocycles. The van der Waals surface area contributed by atoms with E-state index in [-0.39, 0.29) is 11.9 Å². The predicted molar refractivity (Wildman–Crippen MR) is 72.4 cm³/mol. The largest absolute Gasteiger partial charge is 0.399 e. The zero-order valence-corrected chi connectivity index (χ0v) is 10.7. The first-order chi connectivity index (χ1) is 8.04. The van der Waals surface area contributed by atoms with Crippen LogP contribution in [0.3, 0.4) is 0 Å². The Hall–Kier alpha value is -1.77. The van der Waals surface area contributed by atoms with Crippen LogP contribution in [0, 0.1) is 0 Å². The molecule has 1 amide bonds. The lowest BCUT2D eigenvalue weighted by molar-refractivity contribution is -0.127. The van der Waals surface area contributed by atoms with Gasteiger partial charge in [0.25, 0.3) is 0 Å². The summed E-state index contributed by atoms with van der Waals surface area (Å²) in [5.74, 6) is 0.0410. The van der Waals surface area contributed by atoms with Gasteiger partial charge in [-0.05, 0) is 44.5 Å². The van der Waals surface area contributed by atoms with Crippen molar-refractivity contribution >= 4 is 17.7 Å². The van der Waals surface area contributed by atoms with Gasteiger partial charge in [-0.3, -0.25) is 4.79 Å². The molecular weight excluding hydrogens is 212 g/mol. The second-order valence-corrected chi connectivity index (χ2v) is 4.22. The normalized spacial score (nSPS) is 11.1. The maximum Gasteiger partial charge on any atom is 0.246 e. The molecule has 0 radical (unpaired) electrons. The van der Waals surface area contributed by atoms with Crippen molar-refractivity contribution in [1.82, 2.24) is 4.90 Å². The lowest BCUT2D eigenvalue weighted by Gasteiger charge is -2.23. The second-order valence-electron chi connectivity index (χ2n) is 4.22. The van der Waals surface area contributed by atoms with Gasteiger partial charge in [-0.2, -0.15) is 0 Å². The zero-order chi connectivity index (χ0) is 12.8. The molecule has 0 saturated heterocycles. The molecule has 2 N–H and O–H groups in total. The van der Waals surface area contributed by atoms with Crippen molar-refractivity contribution in [3.63, 3.8) is 0 Å². The van der Waals surface area contributed by atoms with Crippen LogP contribution >= 0.6 is 0 Å². The number of amides is 1. The minimum atomic E-state index is 0.0410. The third kappa shape index (κ3) is 3.94. The number of benzene rings is 1. The molecule has 0 bridgehead atoms. The molecule has 3 nitrogen and oxygen atoms in total. The highest BCUT2D eigenvalue weighted by molar-refractivity contribution is 5.92. The van der Waals surface area contributed by atoms with E-state index in [0.29, 0.717) is 0 Å².